The minimum absolute atomic E-state index is 0.0508. The van der Waals surface area contributed by atoms with Crippen LogP contribution in [0.4, 0.5) is 36.8 Å². The molecule has 0 saturated heterocycles. The Labute approximate surface area is 267 Å². The number of hydrogen-bond acceptors (Lipinski definition) is 9. The molecular weight excluding hydrogens is 694 g/mol. The van der Waals surface area contributed by atoms with Crippen LogP contribution in [0.5, 0.6) is 0 Å². The van der Waals surface area contributed by atoms with Gasteiger partial charge in [-0.2, -0.15) is 26.3 Å². The van der Waals surface area contributed by atoms with E-state index in [1.54, 1.807) is 30.3 Å². The normalized spacial score (nSPS) is 15.3. The number of unbranched alkanes of at least 4 members (excludes halogenated alkanes) is 1. The minimum Gasteiger partial charge on any atom is -0.459 e. The largest absolute Gasteiger partial charge is 0.459 e. The lowest BCUT2D eigenvalue weighted by atomic mass is 9.94. The highest BCUT2D eigenvalue weighted by Gasteiger charge is 2.61. The second-order valence-electron chi connectivity index (χ2n) is 11.1. The van der Waals surface area contributed by atoms with Gasteiger partial charge in [0.05, 0.1) is 17.9 Å². The number of ether oxygens (including phenoxy) is 4. The summed E-state index contributed by atoms with van der Waals surface area (Å²) in [7, 11) is 0. The highest BCUT2D eigenvalue weighted by atomic mass is 79.9. The maximum atomic E-state index is 15.0. The Balaban J connectivity index is 1.74. The van der Waals surface area contributed by atoms with Gasteiger partial charge in [-0.15, -0.1) is 10.2 Å². The monoisotopic (exact) mass is 722 g/mol. The number of carbonyl (C=O) groups excluding carboxylic acids is 1. The number of rotatable bonds is 11. The smallest absolute Gasteiger partial charge is 0.426 e. The van der Waals surface area contributed by atoms with E-state index in [0.717, 1.165) is 0 Å². The molecular formula is C29H29BrF6N4O6. The second kappa shape index (κ2) is 13.9. The Morgan fingerprint density at radius 1 is 1.00 bits per heavy atom. The molecule has 1 aliphatic heterocycles. The molecule has 3 heterocycles. The van der Waals surface area contributed by atoms with E-state index in [4.69, 9.17) is 23.4 Å². The fourth-order valence-corrected chi connectivity index (χ4v) is 4.82. The first kappa shape index (κ1) is 35.0. The third-order valence-corrected chi connectivity index (χ3v) is 7.02. The lowest BCUT2D eigenvalue weighted by Gasteiger charge is -2.32. The van der Waals surface area contributed by atoms with Crippen molar-refractivity contribution in [3.05, 3.63) is 70.5 Å². The quantitative estimate of drug-likeness (QED) is 0.118. The molecule has 17 heteroatoms. The van der Waals surface area contributed by atoms with Gasteiger partial charge in [0.1, 0.15) is 22.7 Å². The van der Waals surface area contributed by atoms with Crippen LogP contribution in [-0.2, 0) is 37.3 Å². The zero-order valence-corrected chi connectivity index (χ0v) is 26.3. The highest BCUT2D eigenvalue weighted by Crippen LogP contribution is 2.47. The van der Waals surface area contributed by atoms with Crippen molar-refractivity contribution in [2.24, 2.45) is 0 Å². The summed E-state index contributed by atoms with van der Waals surface area (Å²) in [5, 5.41) is 9.47. The number of halogens is 7. The Kier molecular flexibility index (Phi) is 10.6. The molecule has 1 amide bonds. The zero-order chi connectivity index (χ0) is 33.8. The number of nitrogens with one attached hydrogen (secondary N) is 1. The molecule has 0 fully saturated rings. The van der Waals surface area contributed by atoms with Gasteiger partial charge in [0.15, 0.2) is 5.69 Å². The number of aromatic nitrogens is 3. The molecule has 3 aromatic rings. The van der Waals surface area contributed by atoms with Crippen molar-refractivity contribution in [1.29, 1.82) is 0 Å². The predicted molar refractivity (Wildman–Crippen MR) is 153 cm³/mol. The van der Waals surface area contributed by atoms with E-state index in [0.29, 0.717) is 11.6 Å². The van der Waals surface area contributed by atoms with E-state index in [1.165, 1.54) is 33.3 Å². The van der Waals surface area contributed by atoms with E-state index >= 15 is 13.2 Å². The molecule has 0 spiro atoms. The number of carbonyl (C=O) groups is 1. The van der Waals surface area contributed by atoms with Crippen LogP contribution in [0.3, 0.4) is 0 Å². The Hall–Kier alpha value is -3.86. The van der Waals surface area contributed by atoms with Crippen molar-refractivity contribution >= 4 is 27.7 Å². The summed E-state index contributed by atoms with van der Waals surface area (Å²) in [4.78, 5) is 16.3. The van der Waals surface area contributed by atoms with Crippen molar-refractivity contribution in [1.82, 2.24) is 15.2 Å². The van der Waals surface area contributed by atoms with Crippen LogP contribution in [0.2, 0.25) is 0 Å². The van der Waals surface area contributed by atoms with Crippen LogP contribution in [-0.4, -0.2) is 39.3 Å². The lowest BCUT2D eigenvalue weighted by Crippen LogP contribution is -2.45. The molecule has 0 radical (unpaired) electrons. The van der Waals surface area contributed by atoms with Crippen molar-refractivity contribution in [2.45, 2.75) is 82.9 Å². The van der Waals surface area contributed by atoms with Gasteiger partial charge in [-0.25, -0.2) is 9.78 Å². The molecule has 2 aromatic heterocycles. The summed E-state index contributed by atoms with van der Waals surface area (Å²) in [5.74, 6) is -1.73. The summed E-state index contributed by atoms with van der Waals surface area (Å²) in [5.41, 5.74) is -6.19. The van der Waals surface area contributed by atoms with Crippen LogP contribution in [0.15, 0.2) is 57.9 Å². The molecule has 0 unspecified atom stereocenters. The topological polar surface area (TPSA) is 118 Å². The van der Waals surface area contributed by atoms with Crippen molar-refractivity contribution in [3.8, 4) is 11.6 Å². The maximum Gasteiger partial charge on any atom is 0.426 e. The first-order valence-corrected chi connectivity index (χ1v) is 14.6. The number of amides is 1. The molecule has 10 nitrogen and oxygen atoms in total. The van der Waals surface area contributed by atoms with Gasteiger partial charge in [0.2, 0.25) is 11.9 Å². The van der Waals surface area contributed by atoms with Gasteiger partial charge in [-0.05, 0) is 67.6 Å². The van der Waals surface area contributed by atoms with Crippen molar-refractivity contribution in [3.63, 3.8) is 0 Å². The van der Waals surface area contributed by atoms with Crippen LogP contribution in [0, 0.1) is 0 Å². The van der Waals surface area contributed by atoms with E-state index in [2.05, 4.69) is 36.4 Å². The van der Waals surface area contributed by atoms with Crippen LogP contribution >= 0.6 is 15.9 Å². The maximum absolute atomic E-state index is 15.0. The van der Waals surface area contributed by atoms with Crippen molar-refractivity contribution in [2.75, 3.05) is 5.32 Å². The van der Waals surface area contributed by atoms with E-state index in [9.17, 15) is 18.0 Å². The molecule has 250 valence electrons. The summed E-state index contributed by atoms with van der Waals surface area (Å²) in [6.45, 7) is 4.08. The first-order chi connectivity index (χ1) is 21.5. The summed E-state index contributed by atoms with van der Waals surface area (Å²) >= 11 is 2.73. The van der Waals surface area contributed by atoms with Crippen LogP contribution in [0.1, 0.15) is 63.5 Å². The summed E-state index contributed by atoms with van der Waals surface area (Å²) in [6, 6.07) is 8.60. The lowest BCUT2D eigenvalue weighted by molar-refractivity contribution is -0.300. The van der Waals surface area contributed by atoms with E-state index in [-0.39, 0.29) is 19.3 Å². The highest BCUT2D eigenvalue weighted by molar-refractivity contribution is 9.10. The van der Waals surface area contributed by atoms with Crippen LogP contribution < -0.4 is 5.32 Å². The van der Waals surface area contributed by atoms with Gasteiger partial charge in [-0.3, -0.25) is 5.32 Å². The zero-order valence-electron chi connectivity index (χ0n) is 24.7. The molecule has 1 atom stereocenters. The fourth-order valence-electron chi connectivity index (χ4n) is 4.30. The molecule has 1 N–H and O–H groups in total. The Bertz CT molecular complexity index is 1520. The second-order valence-corrected chi connectivity index (χ2v) is 11.8. The third kappa shape index (κ3) is 8.69. The van der Waals surface area contributed by atoms with E-state index in [1.807, 2.05) is 0 Å². The standard InChI is InChI=1S/C29H29BrF6N4O6/c1-26(2,3)46-25(41)37-19-15-18(28(31,32)33)22(30)38-21(19)23-39-40-24(45-23)27(29(34,35)36,44-16-17-9-5-4-6-10-17)12-8-7-11-20-42-13-14-43-20/h4-6,9-10,13-15,20H,7-8,11-12,16H2,1-3H3,(H,37,41)/t27-/m1/s1. The number of benzene rings is 1. The molecule has 0 bridgehead atoms. The van der Waals surface area contributed by atoms with Gasteiger partial charge in [0, 0.05) is 6.42 Å². The van der Waals surface area contributed by atoms with Crippen molar-refractivity contribution < 1.29 is 54.5 Å². The number of nitrogens with zero attached hydrogens (tertiary/aromatic N) is 3. The Morgan fingerprint density at radius 2 is 1.67 bits per heavy atom. The predicted octanol–water partition coefficient (Wildman–Crippen LogP) is 8.64. The minimum atomic E-state index is -5.10. The number of alkyl halides is 6. The summed E-state index contributed by atoms with van der Waals surface area (Å²) < 4.78 is 112. The van der Waals surface area contributed by atoms with Crippen LogP contribution in [0.25, 0.3) is 11.6 Å². The molecule has 1 aromatic carbocycles. The molecule has 1 aliphatic rings. The van der Waals surface area contributed by atoms with Gasteiger partial charge < -0.3 is 23.4 Å². The SMILES string of the molecule is CC(C)(C)OC(=O)Nc1cc(C(F)(F)F)c(Br)nc1-c1nnc([C@@](CCCCC2OC=CO2)(OCc2ccccc2)C(F)(F)F)o1. The molecule has 0 aliphatic carbocycles. The molecule has 0 saturated carbocycles. The number of pyridine rings is 1. The average molecular weight is 723 g/mol. The van der Waals surface area contributed by atoms with Gasteiger partial charge >= 0.3 is 18.4 Å². The third-order valence-electron chi connectivity index (χ3n) is 6.41. The van der Waals surface area contributed by atoms with E-state index < -0.39 is 82.3 Å². The Morgan fingerprint density at radius 3 is 2.28 bits per heavy atom. The average Bonchev–Trinajstić information content (AvgIpc) is 3.65. The number of anilines is 1. The van der Waals surface area contributed by atoms with Gasteiger partial charge in [-0.1, -0.05) is 30.3 Å². The van der Waals surface area contributed by atoms with Gasteiger partial charge in [0.25, 0.3) is 11.8 Å². The summed E-state index contributed by atoms with van der Waals surface area (Å²) in [6.07, 6.45) is -9.37. The molecule has 46 heavy (non-hydrogen) atoms. The number of hydrogen-bond donors (Lipinski definition) is 1. The molecule has 4 rings (SSSR count). The fraction of sp³-hybridized carbons (Fsp3) is 0.448. The first-order valence-electron chi connectivity index (χ1n) is 13.8.